The van der Waals surface area contributed by atoms with Gasteiger partial charge in [0.25, 0.3) is 0 Å². The van der Waals surface area contributed by atoms with Crippen molar-refractivity contribution in [2.75, 3.05) is 13.1 Å². The lowest BCUT2D eigenvalue weighted by Gasteiger charge is -2.42. The number of piperidine rings is 1. The maximum atomic E-state index is 12.9. The van der Waals surface area contributed by atoms with Gasteiger partial charge in [0.05, 0.1) is 6.10 Å². The number of aliphatic hydroxyl groups excluding tert-OH is 1. The Morgan fingerprint density at radius 3 is 2.63 bits per heavy atom. The van der Waals surface area contributed by atoms with Gasteiger partial charge in [-0.05, 0) is 49.9 Å². The number of hydrogen-bond acceptors (Lipinski definition) is 2. The van der Waals surface area contributed by atoms with Gasteiger partial charge in [0, 0.05) is 18.5 Å². The minimum absolute atomic E-state index is 0.122. The molecule has 0 amide bonds. The second kappa shape index (κ2) is 5.22. The molecule has 3 rings (SSSR count). The fourth-order valence-electron chi connectivity index (χ4n) is 3.84. The summed E-state index contributed by atoms with van der Waals surface area (Å²) < 4.78 is 12.9. The molecule has 1 saturated carbocycles. The highest BCUT2D eigenvalue weighted by Crippen LogP contribution is 2.45. The fraction of sp³-hybridized carbons (Fsp3) is 0.625. The van der Waals surface area contributed by atoms with E-state index < -0.39 is 0 Å². The molecule has 1 aromatic rings. The van der Waals surface area contributed by atoms with Crippen molar-refractivity contribution in [2.24, 2.45) is 5.41 Å². The van der Waals surface area contributed by atoms with Gasteiger partial charge < -0.3 is 5.11 Å². The van der Waals surface area contributed by atoms with Crippen LogP contribution in [0.15, 0.2) is 24.3 Å². The largest absolute Gasteiger partial charge is 0.393 e. The highest BCUT2D eigenvalue weighted by molar-refractivity contribution is 5.16. The summed E-state index contributed by atoms with van der Waals surface area (Å²) >= 11 is 0. The summed E-state index contributed by atoms with van der Waals surface area (Å²) in [4.78, 5) is 2.42. The normalized spacial score (nSPS) is 32.0. The molecule has 1 aromatic carbocycles. The van der Waals surface area contributed by atoms with Crippen LogP contribution in [0.25, 0.3) is 0 Å². The highest BCUT2D eigenvalue weighted by atomic mass is 19.1. The molecule has 0 unspecified atom stereocenters. The van der Waals surface area contributed by atoms with E-state index in [1.165, 1.54) is 12.1 Å². The molecule has 0 aromatic heterocycles. The molecule has 19 heavy (non-hydrogen) atoms. The van der Waals surface area contributed by atoms with E-state index in [4.69, 9.17) is 0 Å². The van der Waals surface area contributed by atoms with E-state index in [9.17, 15) is 9.50 Å². The zero-order chi connectivity index (χ0) is 13.3. The summed E-state index contributed by atoms with van der Waals surface area (Å²) in [6.45, 7) is 2.95. The van der Waals surface area contributed by atoms with Crippen LogP contribution in [0, 0.1) is 11.2 Å². The van der Waals surface area contributed by atoms with Gasteiger partial charge in [-0.1, -0.05) is 18.6 Å². The first-order chi connectivity index (χ1) is 9.18. The van der Waals surface area contributed by atoms with Crippen molar-refractivity contribution < 1.29 is 9.50 Å². The first-order valence-corrected chi connectivity index (χ1v) is 7.33. The van der Waals surface area contributed by atoms with Crippen molar-refractivity contribution in [3.63, 3.8) is 0 Å². The monoisotopic (exact) mass is 263 g/mol. The lowest BCUT2D eigenvalue weighted by atomic mass is 9.76. The average Bonchev–Trinajstić information content (AvgIpc) is 2.74. The lowest BCUT2D eigenvalue weighted by Crippen LogP contribution is -2.46. The maximum Gasteiger partial charge on any atom is 0.123 e. The van der Waals surface area contributed by atoms with Crippen molar-refractivity contribution in [3.05, 3.63) is 35.6 Å². The predicted octanol–water partition coefficient (Wildman–Crippen LogP) is 2.95. The van der Waals surface area contributed by atoms with Crippen LogP contribution in [0.2, 0.25) is 0 Å². The Labute approximate surface area is 114 Å². The van der Waals surface area contributed by atoms with Gasteiger partial charge in [0.2, 0.25) is 0 Å². The predicted molar refractivity (Wildman–Crippen MR) is 73.2 cm³/mol. The average molecular weight is 263 g/mol. The minimum atomic E-state index is -0.176. The first kappa shape index (κ1) is 13.1. The highest BCUT2D eigenvalue weighted by Gasteiger charge is 2.44. The van der Waals surface area contributed by atoms with Crippen LogP contribution in [0.1, 0.15) is 37.7 Å². The Morgan fingerprint density at radius 1 is 1.21 bits per heavy atom. The molecule has 2 atom stereocenters. The molecule has 104 valence electrons. The summed E-state index contributed by atoms with van der Waals surface area (Å²) in [6.07, 6.45) is 5.49. The number of nitrogens with zero attached hydrogens (tertiary/aromatic N) is 1. The molecule has 1 spiro atoms. The smallest absolute Gasteiger partial charge is 0.123 e. The van der Waals surface area contributed by atoms with Gasteiger partial charge in [-0.15, -0.1) is 0 Å². The fourth-order valence-corrected chi connectivity index (χ4v) is 3.84. The van der Waals surface area contributed by atoms with Crippen LogP contribution < -0.4 is 0 Å². The van der Waals surface area contributed by atoms with Crippen molar-refractivity contribution in [1.82, 2.24) is 4.90 Å². The minimum Gasteiger partial charge on any atom is -0.393 e. The van der Waals surface area contributed by atoms with Crippen molar-refractivity contribution in [1.29, 1.82) is 0 Å². The quantitative estimate of drug-likeness (QED) is 0.886. The molecule has 1 aliphatic heterocycles. The topological polar surface area (TPSA) is 23.5 Å². The van der Waals surface area contributed by atoms with Gasteiger partial charge in [-0.2, -0.15) is 0 Å². The Balaban J connectivity index is 1.67. The lowest BCUT2D eigenvalue weighted by molar-refractivity contribution is -0.0120. The molecule has 0 bridgehead atoms. The Bertz CT molecular complexity index is 433. The third-order valence-corrected chi connectivity index (χ3v) is 4.87. The molecular formula is C16H22FNO. The molecule has 2 aliphatic rings. The molecule has 1 saturated heterocycles. The molecular weight excluding hydrogens is 241 g/mol. The molecule has 1 N–H and O–H groups in total. The summed E-state index contributed by atoms with van der Waals surface area (Å²) in [5, 5.41) is 10.2. The Morgan fingerprint density at radius 2 is 1.95 bits per heavy atom. The summed E-state index contributed by atoms with van der Waals surface area (Å²) in [5.74, 6) is -0.176. The molecule has 1 heterocycles. The molecule has 2 fully saturated rings. The summed E-state index contributed by atoms with van der Waals surface area (Å²) in [5.41, 5.74) is 1.30. The van der Waals surface area contributed by atoms with E-state index in [0.717, 1.165) is 57.3 Å². The molecule has 2 nitrogen and oxygen atoms in total. The molecule has 3 heteroatoms. The third-order valence-electron chi connectivity index (χ3n) is 4.87. The standard InChI is InChI=1S/C16H22FNO/c17-14-6-4-13(5-7-14)11-18-10-2-9-16(12-18)8-1-3-15(16)19/h4-7,15,19H,1-3,8-12H2/t15-,16-/m1/s1. The van der Waals surface area contributed by atoms with Crippen molar-refractivity contribution in [3.8, 4) is 0 Å². The second-order valence-corrected chi connectivity index (χ2v) is 6.21. The van der Waals surface area contributed by atoms with E-state index in [-0.39, 0.29) is 17.3 Å². The van der Waals surface area contributed by atoms with Crippen LogP contribution in [-0.2, 0) is 6.54 Å². The van der Waals surface area contributed by atoms with Gasteiger partial charge in [0.15, 0.2) is 0 Å². The van der Waals surface area contributed by atoms with Gasteiger partial charge in [-0.25, -0.2) is 4.39 Å². The maximum absolute atomic E-state index is 12.9. The van der Waals surface area contributed by atoms with Gasteiger partial charge in [0.1, 0.15) is 5.82 Å². The van der Waals surface area contributed by atoms with E-state index in [0.29, 0.717) is 0 Å². The van der Waals surface area contributed by atoms with E-state index in [1.54, 1.807) is 0 Å². The number of aliphatic hydroxyl groups is 1. The SMILES string of the molecule is O[C@@H]1CCC[C@]12CCCN(Cc1ccc(F)cc1)C2. The van der Waals surface area contributed by atoms with Crippen LogP contribution >= 0.6 is 0 Å². The number of likely N-dealkylation sites (tertiary alicyclic amines) is 1. The summed E-state index contributed by atoms with van der Waals surface area (Å²) in [7, 11) is 0. The number of rotatable bonds is 2. The van der Waals surface area contributed by atoms with Crippen LogP contribution in [-0.4, -0.2) is 29.2 Å². The second-order valence-electron chi connectivity index (χ2n) is 6.21. The number of halogens is 1. The van der Waals surface area contributed by atoms with Crippen LogP contribution in [0.5, 0.6) is 0 Å². The van der Waals surface area contributed by atoms with E-state index >= 15 is 0 Å². The first-order valence-electron chi connectivity index (χ1n) is 7.33. The molecule has 1 aliphatic carbocycles. The van der Waals surface area contributed by atoms with Crippen LogP contribution in [0.3, 0.4) is 0 Å². The number of hydrogen-bond donors (Lipinski definition) is 1. The number of benzene rings is 1. The Kier molecular flexibility index (Phi) is 3.59. The summed E-state index contributed by atoms with van der Waals surface area (Å²) in [6, 6.07) is 6.78. The molecule has 0 radical (unpaired) electrons. The van der Waals surface area contributed by atoms with E-state index in [1.807, 2.05) is 12.1 Å². The van der Waals surface area contributed by atoms with Crippen molar-refractivity contribution >= 4 is 0 Å². The van der Waals surface area contributed by atoms with Gasteiger partial charge >= 0.3 is 0 Å². The third kappa shape index (κ3) is 2.67. The zero-order valence-corrected chi connectivity index (χ0v) is 11.3. The van der Waals surface area contributed by atoms with Crippen LogP contribution in [0.4, 0.5) is 4.39 Å². The zero-order valence-electron chi connectivity index (χ0n) is 11.3. The van der Waals surface area contributed by atoms with E-state index in [2.05, 4.69) is 4.90 Å². The Hall–Kier alpha value is -0.930. The van der Waals surface area contributed by atoms with Gasteiger partial charge in [-0.3, -0.25) is 4.90 Å². The van der Waals surface area contributed by atoms with Crippen molar-refractivity contribution in [2.45, 2.75) is 44.8 Å².